The monoisotopic (exact) mass is 485 g/mol. The molecule has 3 aromatic rings. The van der Waals surface area contributed by atoms with Crippen LogP contribution in [0, 0.1) is 0 Å². The Morgan fingerprint density at radius 1 is 1.12 bits per heavy atom. The lowest BCUT2D eigenvalue weighted by Gasteiger charge is -2.27. The molecule has 1 amide bonds. The first-order chi connectivity index (χ1) is 16.1. The first-order valence-corrected chi connectivity index (χ1v) is 12.5. The minimum Gasteiger partial charge on any atom is -0.379 e. The molecule has 2 aromatic carbocycles. The molecule has 1 fully saturated rings. The van der Waals surface area contributed by atoms with Gasteiger partial charge >= 0.3 is 0 Å². The van der Waals surface area contributed by atoms with Gasteiger partial charge in [0.25, 0.3) is 0 Å². The van der Waals surface area contributed by atoms with E-state index in [4.69, 9.17) is 16.3 Å². The van der Waals surface area contributed by atoms with Gasteiger partial charge in [0.1, 0.15) is 0 Å². The van der Waals surface area contributed by atoms with Crippen LogP contribution in [0.2, 0.25) is 5.02 Å². The zero-order valence-corrected chi connectivity index (χ0v) is 20.2. The van der Waals surface area contributed by atoms with Crippen molar-refractivity contribution in [2.45, 2.75) is 31.7 Å². The molecular weight excluding hydrogens is 458 g/mol. The van der Waals surface area contributed by atoms with E-state index in [1.165, 1.54) is 17.3 Å². The highest BCUT2D eigenvalue weighted by Crippen LogP contribution is 2.25. The Morgan fingerprint density at radius 2 is 1.91 bits per heavy atom. The van der Waals surface area contributed by atoms with Crippen molar-refractivity contribution in [3.63, 3.8) is 0 Å². The second-order valence-corrected chi connectivity index (χ2v) is 9.16. The summed E-state index contributed by atoms with van der Waals surface area (Å²) in [7, 11) is 0. The molecule has 0 atom stereocenters. The van der Waals surface area contributed by atoms with Crippen molar-refractivity contribution < 1.29 is 9.53 Å². The number of carbonyl (C=O) groups is 1. The summed E-state index contributed by atoms with van der Waals surface area (Å²) in [6.07, 6.45) is 0. The molecule has 33 heavy (non-hydrogen) atoms. The van der Waals surface area contributed by atoms with Crippen molar-refractivity contribution in [1.29, 1.82) is 0 Å². The largest absolute Gasteiger partial charge is 0.379 e. The molecule has 0 spiro atoms. The van der Waals surface area contributed by atoms with Crippen LogP contribution < -0.4 is 5.32 Å². The summed E-state index contributed by atoms with van der Waals surface area (Å²) in [5, 5.41) is 13.0. The molecule has 9 heteroatoms. The number of carbonyl (C=O) groups excluding carboxylic acids is 1. The summed E-state index contributed by atoms with van der Waals surface area (Å²) in [4.78, 5) is 15.0. The van der Waals surface area contributed by atoms with Gasteiger partial charge in [0.05, 0.1) is 19.0 Å². The third-order valence-corrected chi connectivity index (χ3v) is 6.74. The molecule has 0 bridgehead atoms. The van der Waals surface area contributed by atoms with E-state index in [0.717, 1.165) is 55.0 Å². The summed E-state index contributed by atoms with van der Waals surface area (Å²) >= 11 is 7.52. The van der Waals surface area contributed by atoms with Crippen molar-refractivity contribution in [3.05, 3.63) is 64.7 Å². The fourth-order valence-corrected chi connectivity index (χ4v) is 4.80. The minimum atomic E-state index is -0.0314. The summed E-state index contributed by atoms with van der Waals surface area (Å²) in [5.74, 6) is 0.996. The van der Waals surface area contributed by atoms with Crippen LogP contribution in [0.25, 0.3) is 11.4 Å². The van der Waals surface area contributed by atoms with Crippen LogP contribution in [-0.2, 0) is 29.2 Å². The van der Waals surface area contributed by atoms with E-state index in [9.17, 15) is 4.79 Å². The van der Waals surface area contributed by atoms with Crippen molar-refractivity contribution >= 4 is 29.3 Å². The van der Waals surface area contributed by atoms with Gasteiger partial charge in [-0.3, -0.25) is 9.69 Å². The Labute approximate surface area is 203 Å². The van der Waals surface area contributed by atoms with Gasteiger partial charge in [-0.05, 0) is 30.2 Å². The van der Waals surface area contributed by atoms with E-state index in [0.29, 0.717) is 18.1 Å². The molecule has 0 radical (unpaired) electrons. The number of nitrogens with zero attached hydrogens (tertiary/aromatic N) is 4. The number of halogens is 1. The number of ether oxygens (including phenoxy) is 1. The van der Waals surface area contributed by atoms with Crippen LogP contribution in [0.3, 0.4) is 0 Å². The van der Waals surface area contributed by atoms with Crippen LogP contribution in [0.15, 0.2) is 53.7 Å². The first-order valence-electron chi connectivity index (χ1n) is 11.1. The van der Waals surface area contributed by atoms with E-state index in [-0.39, 0.29) is 11.7 Å². The Kier molecular flexibility index (Phi) is 8.39. The fraction of sp³-hybridized carbons (Fsp3) is 0.375. The fourth-order valence-electron chi connectivity index (χ4n) is 3.78. The van der Waals surface area contributed by atoms with Crippen LogP contribution in [0.4, 0.5) is 0 Å². The predicted molar refractivity (Wildman–Crippen MR) is 131 cm³/mol. The topological polar surface area (TPSA) is 72.3 Å². The van der Waals surface area contributed by atoms with Gasteiger partial charge in [-0.1, -0.05) is 59.8 Å². The van der Waals surface area contributed by atoms with E-state index in [1.807, 2.05) is 47.9 Å². The second-order valence-electron chi connectivity index (χ2n) is 7.78. The molecular formula is C24H28ClN5O2S. The highest BCUT2D eigenvalue weighted by molar-refractivity contribution is 7.99. The minimum absolute atomic E-state index is 0.0314. The highest BCUT2D eigenvalue weighted by atomic mass is 35.5. The second kappa shape index (κ2) is 11.7. The van der Waals surface area contributed by atoms with Crippen molar-refractivity contribution in [3.8, 4) is 11.4 Å². The van der Waals surface area contributed by atoms with Crippen molar-refractivity contribution in [2.24, 2.45) is 0 Å². The summed E-state index contributed by atoms with van der Waals surface area (Å²) in [6, 6.07) is 15.8. The third-order valence-electron chi connectivity index (χ3n) is 5.54. The number of thioether (sulfide) groups is 1. The molecule has 7 nitrogen and oxygen atoms in total. The molecule has 4 rings (SSSR count). The van der Waals surface area contributed by atoms with Gasteiger partial charge < -0.3 is 14.6 Å². The molecule has 0 saturated carbocycles. The van der Waals surface area contributed by atoms with Crippen LogP contribution in [0.1, 0.15) is 18.1 Å². The maximum Gasteiger partial charge on any atom is 0.230 e. The predicted octanol–water partition coefficient (Wildman–Crippen LogP) is 3.86. The molecule has 174 valence electrons. The molecule has 0 aliphatic carbocycles. The van der Waals surface area contributed by atoms with Gasteiger partial charge in [0, 0.05) is 43.3 Å². The number of hydrogen-bond donors (Lipinski definition) is 1. The number of amides is 1. The Morgan fingerprint density at radius 3 is 2.67 bits per heavy atom. The molecule has 2 heterocycles. The average Bonchev–Trinajstić information content (AvgIpc) is 3.26. The van der Waals surface area contributed by atoms with Crippen molar-refractivity contribution in [1.82, 2.24) is 25.0 Å². The maximum atomic E-state index is 12.6. The first kappa shape index (κ1) is 23.8. The lowest BCUT2D eigenvalue weighted by atomic mass is 10.1. The molecule has 1 aromatic heterocycles. The zero-order chi connectivity index (χ0) is 23.0. The lowest BCUT2D eigenvalue weighted by Crippen LogP contribution is -2.36. The number of hydrogen-bond acceptors (Lipinski definition) is 6. The van der Waals surface area contributed by atoms with Gasteiger partial charge in [-0.15, -0.1) is 10.2 Å². The SMILES string of the molecule is CCn1c(SCC(=O)NCc2ccccc2CN2CCOCC2)nnc1-c1cccc(Cl)c1. The van der Waals surface area contributed by atoms with E-state index in [1.54, 1.807) is 0 Å². The number of morpholine rings is 1. The van der Waals surface area contributed by atoms with Crippen LogP contribution in [0.5, 0.6) is 0 Å². The summed E-state index contributed by atoms with van der Waals surface area (Å²) < 4.78 is 7.44. The van der Waals surface area contributed by atoms with E-state index >= 15 is 0 Å². The van der Waals surface area contributed by atoms with Crippen molar-refractivity contribution in [2.75, 3.05) is 32.1 Å². The standard InChI is InChI=1S/C24H28ClN5O2S/c1-2-30-23(18-8-5-9-21(25)14-18)27-28-24(30)33-17-22(31)26-15-19-6-3-4-7-20(19)16-29-10-12-32-13-11-29/h3-9,14H,2,10-13,15-17H2,1H3,(H,26,31). The van der Waals surface area contributed by atoms with Gasteiger partial charge in [-0.25, -0.2) is 0 Å². The molecule has 1 saturated heterocycles. The Bertz CT molecular complexity index is 1080. The number of rotatable bonds is 9. The van der Waals surface area contributed by atoms with Gasteiger partial charge in [0.15, 0.2) is 11.0 Å². The van der Waals surface area contributed by atoms with E-state index < -0.39 is 0 Å². The average molecular weight is 486 g/mol. The quantitative estimate of drug-likeness (QED) is 0.464. The number of benzene rings is 2. The normalized spacial score (nSPS) is 14.4. The number of aromatic nitrogens is 3. The highest BCUT2D eigenvalue weighted by Gasteiger charge is 2.16. The maximum absolute atomic E-state index is 12.6. The molecule has 1 aliphatic heterocycles. The van der Waals surface area contributed by atoms with Gasteiger partial charge in [-0.2, -0.15) is 0 Å². The lowest BCUT2D eigenvalue weighted by molar-refractivity contribution is -0.118. The van der Waals surface area contributed by atoms with Crippen LogP contribution in [-0.4, -0.2) is 57.6 Å². The van der Waals surface area contributed by atoms with Crippen LogP contribution >= 0.6 is 23.4 Å². The molecule has 1 N–H and O–H groups in total. The third kappa shape index (κ3) is 6.35. The zero-order valence-electron chi connectivity index (χ0n) is 18.7. The number of nitrogens with one attached hydrogen (secondary N) is 1. The van der Waals surface area contributed by atoms with E-state index in [2.05, 4.69) is 32.5 Å². The Balaban J connectivity index is 1.33. The smallest absolute Gasteiger partial charge is 0.230 e. The Hall–Kier alpha value is -2.39. The summed E-state index contributed by atoms with van der Waals surface area (Å²) in [5.41, 5.74) is 3.29. The molecule has 0 unspecified atom stereocenters. The van der Waals surface area contributed by atoms with Gasteiger partial charge in [0.2, 0.25) is 5.91 Å². The molecule has 1 aliphatic rings. The summed E-state index contributed by atoms with van der Waals surface area (Å²) in [6.45, 7) is 7.54.